The standard InChI is InChI=1S/C10H20N2/c1-6(2)10-7-3-4-9(11)8(7)5-12-10/h6-10,12H,3-5,11H2,1-2H3. The fraction of sp³-hybridized carbons (Fsp3) is 1.00. The van der Waals surface area contributed by atoms with Gasteiger partial charge in [0.1, 0.15) is 0 Å². The van der Waals surface area contributed by atoms with Crippen LogP contribution in [-0.4, -0.2) is 18.6 Å². The molecule has 0 amide bonds. The van der Waals surface area contributed by atoms with Crippen molar-refractivity contribution in [1.29, 1.82) is 0 Å². The first-order valence-electron chi connectivity index (χ1n) is 5.19. The molecule has 0 radical (unpaired) electrons. The van der Waals surface area contributed by atoms with Crippen molar-refractivity contribution in [1.82, 2.24) is 5.32 Å². The Bertz CT molecular complexity index is 167. The molecule has 70 valence electrons. The largest absolute Gasteiger partial charge is 0.327 e. The lowest BCUT2D eigenvalue weighted by atomic mass is 9.87. The van der Waals surface area contributed by atoms with Crippen molar-refractivity contribution < 1.29 is 0 Å². The minimum absolute atomic E-state index is 0.478. The van der Waals surface area contributed by atoms with Crippen LogP contribution in [-0.2, 0) is 0 Å². The second kappa shape index (κ2) is 3.00. The van der Waals surface area contributed by atoms with E-state index < -0.39 is 0 Å². The summed E-state index contributed by atoms with van der Waals surface area (Å²) in [5.74, 6) is 2.42. The number of rotatable bonds is 1. The van der Waals surface area contributed by atoms with Crippen LogP contribution in [0.2, 0.25) is 0 Å². The second-order valence-electron chi connectivity index (χ2n) is 4.75. The zero-order chi connectivity index (χ0) is 8.72. The highest BCUT2D eigenvalue weighted by Crippen LogP contribution is 2.39. The van der Waals surface area contributed by atoms with Gasteiger partial charge in [-0.25, -0.2) is 0 Å². The van der Waals surface area contributed by atoms with E-state index in [2.05, 4.69) is 19.2 Å². The summed E-state index contributed by atoms with van der Waals surface area (Å²) in [5, 5.41) is 3.61. The van der Waals surface area contributed by atoms with Crippen molar-refractivity contribution in [3.8, 4) is 0 Å². The van der Waals surface area contributed by atoms with Gasteiger partial charge in [0.25, 0.3) is 0 Å². The highest BCUT2D eigenvalue weighted by atomic mass is 15.0. The zero-order valence-electron chi connectivity index (χ0n) is 8.09. The molecule has 0 bridgehead atoms. The average molecular weight is 168 g/mol. The summed E-state index contributed by atoms with van der Waals surface area (Å²) in [4.78, 5) is 0. The lowest BCUT2D eigenvalue weighted by molar-refractivity contribution is 0.331. The number of nitrogens with one attached hydrogen (secondary N) is 1. The minimum atomic E-state index is 0.478. The van der Waals surface area contributed by atoms with Gasteiger partial charge in [0.05, 0.1) is 0 Å². The van der Waals surface area contributed by atoms with Gasteiger partial charge in [0, 0.05) is 18.6 Å². The van der Waals surface area contributed by atoms with E-state index in [-0.39, 0.29) is 0 Å². The van der Waals surface area contributed by atoms with Gasteiger partial charge in [-0.05, 0) is 30.6 Å². The Morgan fingerprint density at radius 2 is 2.00 bits per heavy atom. The van der Waals surface area contributed by atoms with Crippen molar-refractivity contribution in [2.75, 3.05) is 6.54 Å². The van der Waals surface area contributed by atoms with E-state index in [0.29, 0.717) is 6.04 Å². The first-order valence-corrected chi connectivity index (χ1v) is 5.19. The molecule has 1 saturated heterocycles. The zero-order valence-corrected chi connectivity index (χ0v) is 8.09. The van der Waals surface area contributed by atoms with Crippen molar-refractivity contribution in [2.24, 2.45) is 23.5 Å². The lowest BCUT2D eigenvalue weighted by Crippen LogP contribution is -2.31. The third-order valence-electron chi connectivity index (χ3n) is 3.70. The van der Waals surface area contributed by atoms with Gasteiger partial charge in [0.2, 0.25) is 0 Å². The summed E-state index contributed by atoms with van der Waals surface area (Å²) in [6.45, 7) is 5.78. The molecule has 3 N–H and O–H groups in total. The van der Waals surface area contributed by atoms with Gasteiger partial charge in [-0.15, -0.1) is 0 Å². The maximum atomic E-state index is 6.04. The summed E-state index contributed by atoms with van der Waals surface area (Å²) in [5.41, 5.74) is 6.04. The van der Waals surface area contributed by atoms with E-state index in [0.717, 1.165) is 30.3 Å². The van der Waals surface area contributed by atoms with Gasteiger partial charge >= 0.3 is 0 Å². The molecular formula is C10H20N2. The Morgan fingerprint density at radius 3 is 2.67 bits per heavy atom. The molecule has 0 spiro atoms. The Labute approximate surface area is 74.9 Å². The number of fused-ring (bicyclic) bond motifs is 1. The molecule has 2 rings (SSSR count). The Balaban J connectivity index is 2.05. The fourth-order valence-corrected chi connectivity index (χ4v) is 3.03. The predicted molar refractivity (Wildman–Crippen MR) is 50.8 cm³/mol. The summed E-state index contributed by atoms with van der Waals surface area (Å²) in [6.07, 6.45) is 2.60. The SMILES string of the molecule is CC(C)C1NCC2C(N)CCC21. The van der Waals surface area contributed by atoms with Crippen molar-refractivity contribution in [3.05, 3.63) is 0 Å². The fourth-order valence-electron chi connectivity index (χ4n) is 3.03. The Hall–Kier alpha value is -0.0800. The number of hydrogen-bond donors (Lipinski definition) is 2. The molecule has 0 aromatic carbocycles. The second-order valence-corrected chi connectivity index (χ2v) is 4.75. The van der Waals surface area contributed by atoms with Crippen molar-refractivity contribution in [2.45, 2.75) is 38.8 Å². The quantitative estimate of drug-likeness (QED) is 0.612. The maximum Gasteiger partial charge on any atom is 0.0122 e. The van der Waals surface area contributed by atoms with Crippen LogP contribution in [0.15, 0.2) is 0 Å². The minimum Gasteiger partial charge on any atom is -0.327 e. The molecule has 1 aliphatic carbocycles. The Kier molecular flexibility index (Phi) is 2.13. The van der Waals surface area contributed by atoms with Crippen LogP contribution in [0.3, 0.4) is 0 Å². The van der Waals surface area contributed by atoms with Crippen molar-refractivity contribution >= 4 is 0 Å². The molecule has 4 unspecified atom stereocenters. The van der Waals surface area contributed by atoms with Gasteiger partial charge < -0.3 is 11.1 Å². The highest BCUT2D eigenvalue weighted by Gasteiger charge is 2.43. The molecule has 1 saturated carbocycles. The monoisotopic (exact) mass is 168 g/mol. The molecule has 2 heteroatoms. The highest BCUT2D eigenvalue weighted by molar-refractivity contribution is 5.00. The van der Waals surface area contributed by atoms with E-state index in [4.69, 9.17) is 5.73 Å². The van der Waals surface area contributed by atoms with Gasteiger partial charge in [-0.1, -0.05) is 13.8 Å². The van der Waals surface area contributed by atoms with Gasteiger partial charge in [-0.2, -0.15) is 0 Å². The summed E-state index contributed by atoms with van der Waals surface area (Å²) < 4.78 is 0. The van der Waals surface area contributed by atoms with Crippen LogP contribution in [0.5, 0.6) is 0 Å². The molecule has 1 aliphatic heterocycles. The molecule has 0 aromatic heterocycles. The van der Waals surface area contributed by atoms with Crippen LogP contribution in [0.4, 0.5) is 0 Å². The molecule has 12 heavy (non-hydrogen) atoms. The molecule has 0 aromatic rings. The molecule has 2 nitrogen and oxygen atoms in total. The van der Waals surface area contributed by atoms with E-state index in [1.54, 1.807) is 0 Å². The number of nitrogens with two attached hydrogens (primary N) is 1. The van der Waals surface area contributed by atoms with Crippen LogP contribution < -0.4 is 11.1 Å². The maximum absolute atomic E-state index is 6.04. The lowest BCUT2D eigenvalue weighted by Gasteiger charge is -2.21. The van der Waals surface area contributed by atoms with Crippen LogP contribution in [0.1, 0.15) is 26.7 Å². The first-order chi connectivity index (χ1) is 5.70. The normalized spacial score (nSPS) is 47.0. The van der Waals surface area contributed by atoms with Crippen LogP contribution in [0, 0.1) is 17.8 Å². The smallest absolute Gasteiger partial charge is 0.0122 e. The summed E-state index contributed by atoms with van der Waals surface area (Å²) in [7, 11) is 0. The van der Waals surface area contributed by atoms with Gasteiger partial charge in [-0.3, -0.25) is 0 Å². The molecular weight excluding hydrogens is 148 g/mol. The molecule has 2 aliphatic rings. The topological polar surface area (TPSA) is 38.0 Å². The third-order valence-corrected chi connectivity index (χ3v) is 3.70. The summed E-state index contributed by atoms with van der Waals surface area (Å²) >= 11 is 0. The predicted octanol–water partition coefficient (Wildman–Crippen LogP) is 0.968. The molecule has 1 heterocycles. The molecule has 2 fully saturated rings. The van der Waals surface area contributed by atoms with E-state index >= 15 is 0 Å². The first kappa shape index (κ1) is 8.52. The average Bonchev–Trinajstić information content (AvgIpc) is 2.53. The third kappa shape index (κ3) is 1.17. The van der Waals surface area contributed by atoms with Crippen LogP contribution >= 0.6 is 0 Å². The molecule has 4 atom stereocenters. The Morgan fingerprint density at radius 1 is 1.25 bits per heavy atom. The summed E-state index contributed by atoms with van der Waals surface area (Å²) in [6, 6.07) is 1.22. The number of hydrogen-bond acceptors (Lipinski definition) is 2. The van der Waals surface area contributed by atoms with Gasteiger partial charge in [0.15, 0.2) is 0 Å². The van der Waals surface area contributed by atoms with Crippen LogP contribution in [0.25, 0.3) is 0 Å². The van der Waals surface area contributed by atoms with E-state index in [1.165, 1.54) is 12.8 Å². The van der Waals surface area contributed by atoms with Crippen molar-refractivity contribution in [3.63, 3.8) is 0 Å². The van der Waals surface area contributed by atoms with E-state index in [9.17, 15) is 0 Å². The van der Waals surface area contributed by atoms with E-state index in [1.807, 2.05) is 0 Å².